The molecule has 3 aliphatic rings. The molecular weight excluding hydrogens is 354 g/mol. The first kappa shape index (κ1) is 19.0. The molecule has 0 radical (unpaired) electrons. The van der Waals surface area contributed by atoms with Gasteiger partial charge in [-0.3, -0.25) is 4.79 Å². The van der Waals surface area contributed by atoms with Crippen LogP contribution in [-0.4, -0.2) is 41.1 Å². The van der Waals surface area contributed by atoms with Crippen LogP contribution >= 0.6 is 12.4 Å². The van der Waals surface area contributed by atoms with Crippen LogP contribution in [0.2, 0.25) is 0 Å². The molecule has 2 N–H and O–H groups in total. The van der Waals surface area contributed by atoms with Crippen LogP contribution in [0.4, 0.5) is 5.82 Å². The van der Waals surface area contributed by atoms with E-state index in [9.17, 15) is 14.7 Å². The fourth-order valence-corrected chi connectivity index (χ4v) is 4.08. The highest BCUT2D eigenvalue weighted by Gasteiger charge is 2.44. The largest absolute Gasteiger partial charge is 0.478 e. The van der Waals surface area contributed by atoms with E-state index >= 15 is 0 Å². The Hall–Kier alpha value is -1.82. The zero-order valence-electron chi connectivity index (χ0n) is 15.0. The van der Waals surface area contributed by atoms with Crippen LogP contribution in [0.1, 0.15) is 48.2 Å². The number of amides is 1. The highest BCUT2D eigenvalue weighted by Crippen LogP contribution is 2.43. The molecule has 2 aliphatic carbocycles. The van der Waals surface area contributed by atoms with Gasteiger partial charge in [-0.1, -0.05) is 6.42 Å². The van der Waals surface area contributed by atoms with E-state index in [1.807, 2.05) is 6.92 Å². The molecule has 2 heterocycles. The molecule has 2 atom stereocenters. The van der Waals surface area contributed by atoms with Crippen LogP contribution in [0.3, 0.4) is 0 Å². The number of halogens is 1. The van der Waals surface area contributed by atoms with E-state index in [1.54, 1.807) is 12.1 Å². The van der Waals surface area contributed by atoms with Crippen molar-refractivity contribution in [3.8, 4) is 0 Å². The van der Waals surface area contributed by atoms with Crippen molar-refractivity contribution in [2.24, 2.45) is 17.8 Å². The minimum atomic E-state index is -0.951. The molecule has 2 saturated carbocycles. The minimum absolute atomic E-state index is 0. The Morgan fingerprint density at radius 1 is 1.19 bits per heavy atom. The van der Waals surface area contributed by atoms with Crippen LogP contribution in [-0.2, 0) is 4.79 Å². The smallest absolute Gasteiger partial charge is 0.339 e. The zero-order chi connectivity index (χ0) is 17.6. The number of nitrogens with zero attached hydrogens (tertiary/aromatic N) is 2. The van der Waals surface area contributed by atoms with E-state index in [2.05, 4.69) is 15.2 Å². The van der Waals surface area contributed by atoms with Gasteiger partial charge >= 0.3 is 5.97 Å². The Morgan fingerprint density at radius 2 is 1.92 bits per heavy atom. The highest BCUT2D eigenvalue weighted by atomic mass is 35.5. The van der Waals surface area contributed by atoms with Gasteiger partial charge in [-0.25, -0.2) is 9.78 Å². The van der Waals surface area contributed by atoms with E-state index in [1.165, 1.54) is 12.8 Å². The van der Waals surface area contributed by atoms with Crippen LogP contribution in [0, 0.1) is 24.7 Å². The number of pyridine rings is 1. The lowest BCUT2D eigenvalue weighted by Gasteiger charge is -2.27. The topological polar surface area (TPSA) is 82.5 Å². The standard InChI is InChI=1S/C19H25N3O3.ClH/c1-11-5-8-14(19(24)25)17(20-11)22-9-15(12-6-7-12)16(10-22)21-18(23)13-3-2-4-13;/h5,8,12-13,15-16H,2-4,6-7,9-10H2,1H3,(H,21,23)(H,24,25);1H/t15-,16+;/m1./s1. The van der Waals surface area contributed by atoms with Gasteiger partial charge in [0.1, 0.15) is 11.4 Å². The van der Waals surface area contributed by atoms with Crippen LogP contribution < -0.4 is 10.2 Å². The first-order chi connectivity index (χ1) is 12.0. The Balaban J connectivity index is 0.00000196. The van der Waals surface area contributed by atoms with E-state index < -0.39 is 5.97 Å². The summed E-state index contributed by atoms with van der Waals surface area (Å²) in [5.74, 6) is 0.994. The molecule has 0 bridgehead atoms. The summed E-state index contributed by atoms with van der Waals surface area (Å²) in [6.45, 7) is 3.30. The van der Waals surface area contributed by atoms with E-state index in [4.69, 9.17) is 0 Å². The number of aromatic nitrogens is 1. The van der Waals surface area contributed by atoms with Crippen molar-refractivity contribution in [1.82, 2.24) is 10.3 Å². The lowest BCUT2D eigenvalue weighted by atomic mass is 9.84. The van der Waals surface area contributed by atoms with Gasteiger partial charge < -0.3 is 15.3 Å². The fourth-order valence-electron chi connectivity index (χ4n) is 4.08. The van der Waals surface area contributed by atoms with Crippen molar-refractivity contribution in [3.63, 3.8) is 0 Å². The summed E-state index contributed by atoms with van der Waals surface area (Å²) < 4.78 is 0. The SMILES string of the molecule is Cc1ccc(C(=O)O)c(N2C[C@H](NC(=O)C3CCC3)[C@@H](C3CC3)C2)n1.Cl. The predicted octanol–water partition coefficient (Wildman–Crippen LogP) is 2.64. The molecule has 1 amide bonds. The number of carbonyl (C=O) groups excluding carboxylic acids is 1. The third-order valence-electron chi connectivity index (χ3n) is 5.94. The third kappa shape index (κ3) is 3.65. The van der Waals surface area contributed by atoms with E-state index in [-0.39, 0.29) is 35.8 Å². The molecule has 1 aromatic heterocycles. The second kappa shape index (κ2) is 7.43. The minimum Gasteiger partial charge on any atom is -0.478 e. The number of hydrogen-bond acceptors (Lipinski definition) is 4. The summed E-state index contributed by atoms with van der Waals surface area (Å²) in [6, 6.07) is 3.47. The molecule has 0 aromatic carbocycles. The first-order valence-corrected chi connectivity index (χ1v) is 9.29. The van der Waals surface area contributed by atoms with E-state index in [0.717, 1.165) is 31.5 Å². The average molecular weight is 380 g/mol. The lowest BCUT2D eigenvalue weighted by molar-refractivity contribution is -0.128. The number of carboxylic acid groups (broad SMARTS) is 1. The van der Waals surface area contributed by atoms with Gasteiger partial charge in [0.15, 0.2) is 0 Å². The lowest BCUT2D eigenvalue weighted by Crippen LogP contribution is -2.45. The second-order valence-electron chi connectivity index (χ2n) is 7.78. The van der Waals surface area contributed by atoms with E-state index in [0.29, 0.717) is 24.2 Å². The Bertz CT molecular complexity index is 703. The van der Waals surface area contributed by atoms with Crippen molar-refractivity contribution < 1.29 is 14.7 Å². The summed E-state index contributed by atoms with van der Waals surface area (Å²) in [5.41, 5.74) is 1.05. The third-order valence-corrected chi connectivity index (χ3v) is 5.94. The van der Waals surface area contributed by atoms with Gasteiger partial charge in [-0.2, -0.15) is 0 Å². The predicted molar refractivity (Wildman–Crippen MR) is 101 cm³/mol. The van der Waals surface area contributed by atoms with Gasteiger partial charge in [0.25, 0.3) is 0 Å². The Morgan fingerprint density at radius 3 is 2.50 bits per heavy atom. The number of aromatic carboxylic acids is 1. The van der Waals surface area contributed by atoms with Gasteiger partial charge in [0.2, 0.25) is 5.91 Å². The van der Waals surface area contributed by atoms with Crippen molar-refractivity contribution in [2.75, 3.05) is 18.0 Å². The van der Waals surface area contributed by atoms with Gasteiger partial charge in [0, 0.05) is 30.6 Å². The molecule has 1 aliphatic heterocycles. The monoisotopic (exact) mass is 379 g/mol. The van der Waals surface area contributed by atoms with Crippen LogP contribution in [0.15, 0.2) is 12.1 Å². The summed E-state index contributed by atoms with van der Waals surface area (Å²) in [7, 11) is 0. The molecule has 142 valence electrons. The van der Waals surface area contributed by atoms with Crippen molar-refractivity contribution in [1.29, 1.82) is 0 Å². The number of aryl methyl sites for hydroxylation is 1. The number of nitrogens with one attached hydrogen (secondary N) is 1. The van der Waals surface area contributed by atoms with Crippen molar-refractivity contribution in [2.45, 2.75) is 45.1 Å². The molecule has 6 nitrogen and oxygen atoms in total. The first-order valence-electron chi connectivity index (χ1n) is 9.29. The number of carboxylic acids is 1. The number of hydrogen-bond donors (Lipinski definition) is 2. The molecule has 0 unspecified atom stereocenters. The summed E-state index contributed by atoms with van der Waals surface area (Å²) in [6.07, 6.45) is 5.57. The molecular formula is C19H26ClN3O3. The molecule has 1 saturated heterocycles. The maximum atomic E-state index is 12.4. The van der Waals surface area contributed by atoms with Crippen LogP contribution in [0.5, 0.6) is 0 Å². The molecule has 1 aromatic rings. The Labute approximate surface area is 159 Å². The summed E-state index contributed by atoms with van der Waals surface area (Å²) in [5, 5.41) is 12.8. The molecule has 3 fully saturated rings. The molecule has 4 rings (SSSR count). The average Bonchev–Trinajstić information content (AvgIpc) is 3.26. The fraction of sp³-hybridized carbons (Fsp3) is 0.632. The number of rotatable bonds is 5. The quantitative estimate of drug-likeness (QED) is 0.821. The normalized spacial score (nSPS) is 25.3. The summed E-state index contributed by atoms with van der Waals surface area (Å²) in [4.78, 5) is 30.5. The molecule has 7 heteroatoms. The Kier molecular flexibility index (Phi) is 5.42. The molecule has 0 spiro atoms. The van der Waals surface area contributed by atoms with Crippen molar-refractivity contribution >= 4 is 30.1 Å². The summed E-state index contributed by atoms with van der Waals surface area (Å²) >= 11 is 0. The van der Waals surface area contributed by atoms with Gasteiger partial charge in [0.05, 0.1) is 6.04 Å². The van der Waals surface area contributed by atoms with Crippen molar-refractivity contribution in [3.05, 3.63) is 23.4 Å². The zero-order valence-corrected chi connectivity index (χ0v) is 15.8. The van der Waals surface area contributed by atoms with Crippen LogP contribution in [0.25, 0.3) is 0 Å². The number of anilines is 1. The second-order valence-corrected chi connectivity index (χ2v) is 7.78. The van der Waals surface area contributed by atoms with Gasteiger partial charge in [-0.05, 0) is 50.7 Å². The maximum absolute atomic E-state index is 12.4. The highest BCUT2D eigenvalue weighted by molar-refractivity contribution is 5.93. The number of carbonyl (C=O) groups is 2. The maximum Gasteiger partial charge on any atom is 0.339 e. The van der Waals surface area contributed by atoms with Gasteiger partial charge in [-0.15, -0.1) is 12.4 Å². The molecule has 26 heavy (non-hydrogen) atoms.